The second-order valence-electron chi connectivity index (χ2n) is 5.85. The first kappa shape index (κ1) is 15.1. The van der Waals surface area contributed by atoms with Crippen LogP contribution >= 0.6 is 0 Å². The van der Waals surface area contributed by atoms with Gasteiger partial charge in [0, 0.05) is 31.7 Å². The van der Waals surface area contributed by atoms with Gasteiger partial charge in [-0.2, -0.15) is 5.10 Å². The minimum Gasteiger partial charge on any atom is -0.366 e. The number of hydrogen-bond donors (Lipinski definition) is 2. The molecule has 2 fully saturated rings. The molecule has 22 heavy (non-hydrogen) atoms. The zero-order valence-corrected chi connectivity index (χ0v) is 12.1. The molecule has 0 aromatic carbocycles. The molecule has 1 aromatic rings. The number of alkyl halides is 2. The first-order chi connectivity index (χ1) is 10.5. The number of carbonyl (C=O) groups excluding carboxylic acids is 1. The van der Waals surface area contributed by atoms with Gasteiger partial charge in [-0.3, -0.25) is 10.1 Å². The maximum Gasteiger partial charge on any atom is 0.262 e. The minimum atomic E-state index is -2.77. The fourth-order valence-corrected chi connectivity index (χ4v) is 2.94. The first-order valence-corrected chi connectivity index (χ1v) is 7.48. The molecule has 1 atom stereocenters. The fraction of sp³-hybridized carbons (Fsp3) is 0.643. The van der Waals surface area contributed by atoms with Crippen LogP contribution in [0, 0.1) is 0 Å². The molecular formula is C14H19F2N5O. The highest BCUT2D eigenvalue weighted by atomic mass is 19.3. The standard InChI is InChI=1S/C14H19F2N5O/c15-14(16)8-11(17-9-14)13(22)21-6-3-10(4-7-21)19-12-2-1-5-18-20-12/h1-2,5,10-11,17H,3-4,6-9H2,(H,19,20). The molecule has 0 radical (unpaired) electrons. The SMILES string of the molecule is O=C(C1CC(F)(F)CN1)N1CCC(Nc2cccnn2)CC1. The molecule has 3 rings (SSSR count). The average Bonchev–Trinajstić information content (AvgIpc) is 2.88. The summed E-state index contributed by atoms with van der Waals surface area (Å²) < 4.78 is 26.3. The van der Waals surface area contributed by atoms with Crippen LogP contribution in [0.2, 0.25) is 0 Å². The Bertz CT molecular complexity index is 519. The van der Waals surface area contributed by atoms with E-state index in [1.165, 1.54) is 0 Å². The number of hydrogen-bond acceptors (Lipinski definition) is 5. The Hall–Kier alpha value is -1.83. The Labute approximate surface area is 127 Å². The van der Waals surface area contributed by atoms with E-state index in [4.69, 9.17) is 0 Å². The van der Waals surface area contributed by atoms with E-state index >= 15 is 0 Å². The summed E-state index contributed by atoms with van der Waals surface area (Å²) in [6.45, 7) is 0.731. The van der Waals surface area contributed by atoms with Gasteiger partial charge in [-0.05, 0) is 25.0 Å². The highest BCUT2D eigenvalue weighted by molar-refractivity contribution is 5.82. The van der Waals surface area contributed by atoms with Crippen molar-refractivity contribution in [2.45, 2.75) is 37.3 Å². The number of nitrogens with one attached hydrogen (secondary N) is 2. The maximum atomic E-state index is 13.2. The van der Waals surface area contributed by atoms with E-state index in [9.17, 15) is 13.6 Å². The highest BCUT2D eigenvalue weighted by Gasteiger charge is 2.43. The van der Waals surface area contributed by atoms with Gasteiger partial charge in [-0.25, -0.2) is 8.78 Å². The Morgan fingerprint density at radius 3 is 2.77 bits per heavy atom. The Kier molecular flexibility index (Phi) is 4.19. The second-order valence-corrected chi connectivity index (χ2v) is 5.85. The average molecular weight is 311 g/mol. The van der Waals surface area contributed by atoms with Crippen molar-refractivity contribution in [3.05, 3.63) is 18.3 Å². The van der Waals surface area contributed by atoms with Crippen molar-refractivity contribution >= 4 is 11.7 Å². The van der Waals surface area contributed by atoms with E-state index in [2.05, 4.69) is 20.8 Å². The van der Waals surface area contributed by atoms with Crippen molar-refractivity contribution in [2.24, 2.45) is 0 Å². The molecule has 1 amide bonds. The molecule has 6 nitrogen and oxygen atoms in total. The van der Waals surface area contributed by atoms with Gasteiger partial charge in [-0.15, -0.1) is 5.10 Å². The lowest BCUT2D eigenvalue weighted by Gasteiger charge is -2.34. The van der Waals surface area contributed by atoms with Crippen molar-refractivity contribution in [3.8, 4) is 0 Å². The van der Waals surface area contributed by atoms with Gasteiger partial charge in [0.1, 0.15) is 5.82 Å². The third-order valence-electron chi connectivity index (χ3n) is 4.14. The van der Waals surface area contributed by atoms with Crippen molar-refractivity contribution in [1.29, 1.82) is 0 Å². The zero-order chi connectivity index (χ0) is 15.6. The second kappa shape index (κ2) is 6.12. The molecule has 2 aliphatic heterocycles. The molecular weight excluding hydrogens is 292 g/mol. The van der Waals surface area contributed by atoms with Gasteiger partial charge in [-0.1, -0.05) is 0 Å². The molecule has 1 unspecified atom stereocenters. The smallest absolute Gasteiger partial charge is 0.262 e. The van der Waals surface area contributed by atoms with Gasteiger partial charge in [0.2, 0.25) is 5.91 Å². The van der Waals surface area contributed by atoms with Crippen molar-refractivity contribution in [1.82, 2.24) is 20.4 Å². The number of likely N-dealkylation sites (tertiary alicyclic amines) is 1. The van der Waals surface area contributed by atoms with Crippen molar-refractivity contribution in [2.75, 3.05) is 25.0 Å². The van der Waals surface area contributed by atoms with Crippen LogP contribution in [0.1, 0.15) is 19.3 Å². The summed E-state index contributed by atoms with van der Waals surface area (Å²) in [4.78, 5) is 13.9. The minimum absolute atomic E-state index is 0.213. The van der Waals surface area contributed by atoms with Crippen LogP contribution in [-0.4, -0.2) is 58.6 Å². The van der Waals surface area contributed by atoms with Crippen molar-refractivity contribution < 1.29 is 13.6 Å². The maximum absolute atomic E-state index is 13.2. The van der Waals surface area contributed by atoms with Crippen LogP contribution in [-0.2, 0) is 4.79 Å². The summed E-state index contributed by atoms with van der Waals surface area (Å²) >= 11 is 0. The number of rotatable bonds is 3. The van der Waals surface area contributed by atoms with Crippen LogP contribution in [0.3, 0.4) is 0 Å². The predicted octanol–water partition coefficient (Wildman–Crippen LogP) is 0.877. The van der Waals surface area contributed by atoms with Gasteiger partial charge in [0.25, 0.3) is 5.92 Å². The number of aromatic nitrogens is 2. The summed E-state index contributed by atoms with van der Waals surface area (Å²) in [6, 6.07) is 3.12. The molecule has 0 aliphatic carbocycles. The number of halogens is 2. The summed E-state index contributed by atoms with van der Waals surface area (Å²) in [7, 11) is 0. The van der Waals surface area contributed by atoms with E-state index in [1.807, 2.05) is 6.07 Å². The Morgan fingerprint density at radius 1 is 1.41 bits per heavy atom. The summed E-state index contributed by atoms with van der Waals surface area (Å²) in [5.74, 6) is -2.27. The van der Waals surface area contributed by atoms with E-state index in [-0.39, 0.29) is 11.9 Å². The van der Waals surface area contributed by atoms with E-state index in [0.29, 0.717) is 18.9 Å². The molecule has 0 spiro atoms. The monoisotopic (exact) mass is 311 g/mol. The quantitative estimate of drug-likeness (QED) is 0.867. The van der Waals surface area contributed by atoms with Crippen molar-refractivity contribution in [3.63, 3.8) is 0 Å². The Balaban J connectivity index is 1.48. The van der Waals surface area contributed by atoms with Crippen LogP contribution in [0.25, 0.3) is 0 Å². The summed E-state index contributed by atoms with van der Waals surface area (Å²) in [5.41, 5.74) is 0. The van der Waals surface area contributed by atoms with E-state index < -0.39 is 24.9 Å². The fourth-order valence-electron chi connectivity index (χ4n) is 2.94. The third kappa shape index (κ3) is 3.49. The third-order valence-corrected chi connectivity index (χ3v) is 4.14. The van der Waals surface area contributed by atoms with Gasteiger partial charge in [0.15, 0.2) is 0 Å². The van der Waals surface area contributed by atoms with Crippen LogP contribution < -0.4 is 10.6 Å². The largest absolute Gasteiger partial charge is 0.366 e. The van der Waals surface area contributed by atoms with Gasteiger partial charge >= 0.3 is 0 Å². The number of piperidine rings is 1. The number of nitrogens with zero attached hydrogens (tertiary/aromatic N) is 3. The normalized spacial score (nSPS) is 25.2. The lowest BCUT2D eigenvalue weighted by atomic mass is 10.0. The number of carbonyl (C=O) groups is 1. The molecule has 2 aliphatic rings. The van der Waals surface area contributed by atoms with E-state index in [1.54, 1.807) is 17.2 Å². The topological polar surface area (TPSA) is 70.2 Å². The molecule has 120 valence electrons. The van der Waals surface area contributed by atoms with E-state index in [0.717, 1.165) is 12.8 Å². The molecule has 1 aromatic heterocycles. The molecule has 0 bridgehead atoms. The molecule has 2 N–H and O–H groups in total. The Morgan fingerprint density at radius 2 is 2.18 bits per heavy atom. The number of anilines is 1. The summed E-state index contributed by atoms with van der Waals surface area (Å²) in [6.07, 6.45) is 2.75. The lowest BCUT2D eigenvalue weighted by Crippen LogP contribution is -2.48. The zero-order valence-electron chi connectivity index (χ0n) is 12.1. The van der Waals surface area contributed by atoms with Crippen LogP contribution in [0.5, 0.6) is 0 Å². The molecule has 3 heterocycles. The predicted molar refractivity (Wildman–Crippen MR) is 76.6 cm³/mol. The van der Waals surface area contributed by atoms with Crippen LogP contribution in [0.4, 0.5) is 14.6 Å². The van der Waals surface area contributed by atoms with Gasteiger partial charge in [0.05, 0.1) is 12.6 Å². The van der Waals surface area contributed by atoms with Crippen LogP contribution in [0.15, 0.2) is 18.3 Å². The summed E-state index contributed by atoms with van der Waals surface area (Å²) in [5, 5.41) is 13.7. The first-order valence-electron chi connectivity index (χ1n) is 7.48. The van der Waals surface area contributed by atoms with Gasteiger partial charge < -0.3 is 10.2 Å². The lowest BCUT2D eigenvalue weighted by molar-refractivity contribution is -0.134. The molecule has 0 saturated carbocycles. The highest BCUT2D eigenvalue weighted by Crippen LogP contribution is 2.26. The molecule has 8 heteroatoms. The number of amides is 1. The molecule has 2 saturated heterocycles.